The number of hydrogen-bond acceptors (Lipinski definition) is 6. The van der Waals surface area contributed by atoms with Gasteiger partial charge in [0.25, 0.3) is 0 Å². The van der Waals surface area contributed by atoms with Crippen LogP contribution in [0.15, 0.2) is 28.3 Å². The fourth-order valence-electron chi connectivity index (χ4n) is 1.99. The Morgan fingerprint density at radius 1 is 1.33 bits per heavy atom. The van der Waals surface area contributed by atoms with Crippen LogP contribution in [-0.4, -0.2) is 35.1 Å². The molecule has 0 fully saturated rings. The molecule has 0 amide bonds. The summed E-state index contributed by atoms with van der Waals surface area (Å²) < 4.78 is 11.3. The number of nitrogens with zero attached hydrogens (tertiary/aromatic N) is 2. The normalized spacial score (nSPS) is 13.9. The number of aromatic nitrogens is 2. The molecule has 0 saturated carbocycles. The van der Waals surface area contributed by atoms with E-state index in [4.69, 9.17) is 9.47 Å². The van der Waals surface area contributed by atoms with Crippen molar-refractivity contribution in [1.82, 2.24) is 9.97 Å². The molecule has 5 nitrogen and oxygen atoms in total. The zero-order valence-corrected chi connectivity index (χ0v) is 14.2. The Kier molecular flexibility index (Phi) is 6.10. The molecule has 0 aliphatic heterocycles. The predicted molar refractivity (Wildman–Crippen MR) is 84.7 cm³/mol. The van der Waals surface area contributed by atoms with Crippen molar-refractivity contribution in [3.63, 3.8) is 0 Å². The van der Waals surface area contributed by atoms with E-state index in [-0.39, 0.29) is 5.92 Å². The first-order valence-corrected chi connectivity index (χ1v) is 8.15. The molecular formula is C14H17BrN2O3S. The number of hydrogen-bond donors (Lipinski definition) is 1. The summed E-state index contributed by atoms with van der Waals surface area (Å²) in [7, 11) is 1.58. The van der Waals surface area contributed by atoms with Gasteiger partial charge in [0.05, 0.1) is 17.1 Å². The predicted octanol–water partition coefficient (Wildman–Crippen LogP) is 3.19. The van der Waals surface area contributed by atoms with E-state index in [1.807, 2.05) is 13.0 Å². The average molecular weight is 373 g/mol. The third kappa shape index (κ3) is 4.47. The zero-order valence-electron chi connectivity index (χ0n) is 11.8. The Balaban J connectivity index is 2.25. The van der Waals surface area contributed by atoms with Crippen molar-refractivity contribution in [3.05, 3.63) is 38.9 Å². The summed E-state index contributed by atoms with van der Waals surface area (Å²) in [6.07, 6.45) is 3.11. The van der Waals surface area contributed by atoms with E-state index in [1.165, 1.54) is 0 Å². The molecule has 21 heavy (non-hydrogen) atoms. The minimum Gasteiger partial charge on any atom is -0.481 e. The summed E-state index contributed by atoms with van der Waals surface area (Å²) in [6.45, 7) is 2.32. The standard InChI is InChI=1S/C14H17BrN2O3S/c1-3-20-13(18)6-10(14-17-8-11(15)21-14)9-4-5-12(19-2)16-7-9/h4-5,7-8,10,13,18H,3,6H2,1-2H3. The second kappa shape index (κ2) is 7.84. The number of ether oxygens (including phenoxy) is 2. The Bertz CT molecular complexity index is 562. The van der Waals surface area contributed by atoms with Crippen molar-refractivity contribution in [2.75, 3.05) is 13.7 Å². The van der Waals surface area contributed by atoms with E-state index in [9.17, 15) is 5.11 Å². The van der Waals surface area contributed by atoms with Crippen molar-refractivity contribution in [2.24, 2.45) is 0 Å². The maximum Gasteiger partial charge on any atom is 0.212 e. The quantitative estimate of drug-likeness (QED) is 0.756. The number of methoxy groups -OCH3 is 1. The molecular weight excluding hydrogens is 356 g/mol. The summed E-state index contributed by atoms with van der Waals surface area (Å²) in [4.78, 5) is 8.62. The molecule has 0 saturated heterocycles. The minimum atomic E-state index is -0.829. The first-order chi connectivity index (χ1) is 10.1. The van der Waals surface area contributed by atoms with E-state index in [2.05, 4.69) is 25.9 Å². The molecule has 0 radical (unpaired) electrons. The van der Waals surface area contributed by atoms with Crippen LogP contribution < -0.4 is 4.74 Å². The van der Waals surface area contributed by atoms with Crippen molar-refractivity contribution in [2.45, 2.75) is 25.6 Å². The summed E-state index contributed by atoms with van der Waals surface area (Å²) in [6, 6.07) is 3.74. The first-order valence-electron chi connectivity index (χ1n) is 6.54. The van der Waals surface area contributed by atoms with E-state index in [0.29, 0.717) is 18.9 Å². The van der Waals surface area contributed by atoms with Gasteiger partial charge in [-0.3, -0.25) is 0 Å². The highest BCUT2D eigenvalue weighted by atomic mass is 79.9. The van der Waals surface area contributed by atoms with Gasteiger partial charge in [0.15, 0.2) is 6.29 Å². The molecule has 2 heterocycles. The largest absolute Gasteiger partial charge is 0.481 e. The van der Waals surface area contributed by atoms with Gasteiger partial charge < -0.3 is 14.6 Å². The lowest BCUT2D eigenvalue weighted by Crippen LogP contribution is -2.17. The zero-order chi connectivity index (χ0) is 15.2. The van der Waals surface area contributed by atoms with Crippen molar-refractivity contribution >= 4 is 27.3 Å². The number of thiazole rings is 1. The monoisotopic (exact) mass is 372 g/mol. The molecule has 1 N–H and O–H groups in total. The lowest BCUT2D eigenvalue weighted by molar-refractivity contribution is -0.100. The summed E-state index contributed by atoms with van der Waals surface area (Å²) in [5.74, 6) is 0.490. The van der Waals surface area contributed by atoms with E-state index in [0.717, 1.165) is 14.4 Å². The average Bonchev–Trinajstić information content (AvgIpc) is 2.91. The van der Waals surface area contributed by atoms with Crippen LogP contribution in [0.1, 0.15) is 29.8 Å². The number of rotatable bonds is 7. The second-order valence-corrected chi connectivity index (χ2v) is 6.78. The number of pyridine rings is 1. The number of halogens is 1. The van der Waals surface area contributed by atoms with Crippen LogP contribution in [0.3, 0.4) is 0 Å². The lowest BCUT2D eigenvalue weighted by Gasteiger charge is -2.18. The van der Waals surface area contributed by atoms with Crippen molar-refractivity contribution < 1.29 is 14.6 Å². The van der Waals surface area contributed by atoms with Crippen LogP contribution in [0.2, 0.25) is 0 Å². The molecule has 0 aliphatic rings. The van der Waals surface area contributed by atoms with Gasteiger partial charge in [0, 0.05) is 31.2 Å². The Labute approximate surface area is 136 Å². The van der Waals surface area contributed by atoms with E-state index < -0.39 is 6.29 Å². The molecule has 2 rings (SSSR count). The topological polar surface area (TPSA) is 64.5 Å². The van der Waals surface area contributed by atoms with Gasteiger partial charge in [0.1, 0.15) is 5.01 Å². The van der Waals surface area contributed by atoms with Gasteiger partial charge in [0.2, 0.25) is 5.88 Å². The van der Waals surface area contributed by atoms with Gasteiger partial charge in [-0.1, -0.05) is 6.07 Å². The maximum atomic E-state index is 9.95. The van der Waals surface area contributed by atoms with Crippen LogP contribution in [0.4, 0.5) is 0 Å². The molecule has 2 atom stereocenters. The van der Waals surface area contributed by atoms with E-state index in [1.54, 1.807) is 36.9 Å². The van der Waals surface area contributed by atoms with Crippen LogP contribution in [0.5, 0.6) is 5.88 Å². The Hall–Kier alpha value is -1.02. The molecule has 2 aromatic rings. The van der Waals surface area contributed by atoms with Gasteiger partial charge in [-0.05, 0) is 28.4 Å². The molecule has 114 valence electrons. The highest BCUT2D eigenvalue weighted by molar-refractivity contribution is 9.11. The summed E-state index contributed by atoms with van der Waals surface area (Å²) in [5.41, 5.74) is 0.969. The molecule has 2 aromatic heterocycles. The van der Waals surface area contributed by atoms with E-state index >= 15 is 0 Å². The molecule has 2 unspecified atom stereocenters. The highest BCUT2D eigenvalue weighted by Gasteiger charge is 2.22. The van der Waals surface area contributed by atoms with Gasteiger partial charge in [-0.15, -0.1) is 11.3 Å². The Morgan fingerprint density at radius 3 is 2.67 bits per heavy atom. The van der Waals surface area contributed by atoms with Crippen LogP contribution in [0.25, 0.3) is 0 Å². The highest BCUT2D eigenvalue weighted by Crippen LogP contribution is 2.34. The molecule has 0 spiro atoms. The SMILES string of the molecule is CCOC(O)CC(c1ccc(OC)nc1)c1ncc(Br)s1. The van der Waals surface area contributed by atoms with Crippen molar-refractivity contribution in [1.29, 1.82) is 0 Å². The number of aliphatic hydroxyl groups excluding tert-OH is 1. The minimum absolute atomic E-state index is 0.0683. The van der Waals surface area contributed by atoms with Crippen LogP contribution in [0, 0.1) is 0 Å². The van der Waals surface area contributed by atoms with Crippen LogP contribution >= 0.6 is 27.3 Å². The summed E-state index contributed by atoms with van der Waals surface area (Å²) in [5, 5.41) is 10.9. The third-order valence-electron chi connectivity index (χ3n) is 2.96. The van der Waals surface area contributed by atoms with Crippen molar-refractivity contribution in [3.8, 4) is 5.88 Å². The molecule has 7 heteroatoms. The fraction of sp³-hybridized carbons (Fsp3) is 0.429. The third-order valence-corrected chi connectivity index (χ3v) is 4.55. The second-order valence-electron chi connectivity index (χ2n) is 4.33. The maximum absolute atomic E-state index is 9.95. The fourth-order valence-corrected chi connectivity index (χ4v) is 3.37. The molecule has 0 bridgehead atoms. The Morgan fingerprint density at radius 2 is 2.14 bits per heavy atom. The number of aliphatic hydroxyl groups is 1. The smallest absolute Gasteiger partial charge is 0.212 e. The lowest BCUT2D eigenvalue weighted by atomic mass is 9.97. The molecule has 0 aromatic carbocycles. The van der Waals surface area contributed by atoms with Gasteiger partial charge in [-0.2, -0.15) is 0 Å². The molecule has 0 aliphatic carbocycles. The van der Waals surface area contributed by atoms with Gasteiger partial charge >= 0.3 is 0 Å². The van der Waals surface area contributed by atoms with Gasteiger partial charge in [-0.25, -0.2) is 9.97 Å². The first kappa shape index (κ1) is 16.4. The van der Waals surface area contributed by atoms with Crippen LogP contribution in [-0.2, 0) is 4.74 Å². The summed E-state index contributed by atoms with van der Waals surface area (Å²) >= 11 is 4.96.